The summed E-state index contributed by atoms with van der Waals surface area (Å²) in [5.74, 6) is -0.390. The van der Waals surface area contributed by atoms with Crippen LogP contribution in [0, 0.1) is 10.1 Å². The predicted octanol–water partition coefficient (Wildman–Crippen LogP) is 1.46. The summed E-state index contributed by atoms with van der Waals surface area (Å²) in [6, 6.07) is 4.75. The molecule has 21 heavy (non-hydrogen) atoms. The molecule has 0 spiro atoms. The molecule has 7 nitrogen and oxygen atoms in total. The molecule has 1 atom stereocenters. The molecule has 0 bridgehead atoms. The molecule has 0 aromatic heterocycles. The zero-order chi connectivity index (χ0) is 15.4. The van der Waals surface area contributed by atoms with Crippen molar-refractivity contribution < 1.29 is 9.72 Å². The van der Waals surface area contributed by atoms with Crippen molar-refractivity contribution in [2.24, 2.45) is 0 Å². The van der Waals surface area contributed by atoms with E-state index in [4.69, 9.17) is 0 Å². The first-order valence-electron chi connectivity index (χ1n) is 6.97. The van der Waals surface area contributed by atoms with Crippen LogP contribution in [0.5, 0.6) is 0 Å². The van der Waals surface area contributed by atoms with E-state index in [-0.39, 0.29) is 23.2 Å². The monoisotopic (exact) mass is 292 g/mol. The number of carbonyl (C=O) groups excluding carboxylic acids is 1. The second kappa shape index (κ2) is 6.53. The number of nitro groups is 1. The smallest absolute Gasteiger partial charge is 0.305 e. The van der Waals surface area contributed by atoms with E-state index in [1.165, 1.54) is 6.07 Å². The molecule has 2 N–H and O–H groups in total. The first-order chi connectivity index (χ1) is 10.0. The van der Waals surface area contributed by atoms with E-state index < -0.39 is 4.92 Å². The van der Waals surface area contributed by atoms with E-state index in [2.05, 4.69) is 15.5 Å². The maximum absolute atomic E-state index is 12.4. The number of amides is 1. The lowest BCUT2D eigenvalue weighted by molar-refractivity contribution is -0.384. The molecule has 7 heteroatoms. The normalized spacial score (nSPS) is 19.0. The molecule has 1 heterocycles. The van der Waals surface area contributed by atoms with Crippen molar-refractivity contribution in [2.75, 3.05) is 32.5 Å². The summed E-state index contributed by atoms with van der Waals surface area (Å²) < 4.78 is 0. The molecule has 0 saturated carbocycles. The van der Waals surface area contributed by atoms with E-state index in [0.717, 1.165) is 25.9 Å². The fourth-order valence-corrected chi connectivity index (χ4v) is 2.67. The molecular weight excluding hydrogens is 272 g/mol. The van der Waals surface area contributed by atoms with E-state index in [9.17, 15) is 14.9 Å². The Hall–Kier alpha value is -2.15. The van der Waals surface area contributed by atoms with Gasteiger partial charge in [-0.1, -0.05) is 6.07 Å². The summed E-state index contributed by atoms with van der Waals surface area (Å²) in [5.41, 5.74) is 0.259. The Bertz CT molecular complexity index is 547. The average Bonchev–Trinajstić information content (AvgIpc) is 2.46. The van der Waals surface area contributed by atoms with Crippen LogP contribution in [-0.4, -0.2) is 49.0 Å². The summed E-state index contributed by atoms with van der Waals surface area (Å²) in [6.07, 6.45) is 1.91. The third-order valence-corrected chi connectivity index (χ3v) is 3.69. The summed E-state index contributed by atoms with van der Waals surface area (Å²) in [4.78, 5) is 25.2. The SMILES string of the molecule is CNc1cccc(C(=O)NC2CCCN(C)C2)c1[N+](=O)[O-]. The number of benzene rings is 1. The van der Waals surface area contributed by atoms with Crippen LogP contribution in [0.2, 0.25) is 0 Å². The number of rotatable bonds is 4. The second-order valence-corrected chi connectivity index (χ2v) is 5.28. The number of nitro benzene ring substituents is 1. The van der Waals surface area contributed by atoms with Gasteiger partial charge in [0.1, 0.15) is 11.3 Å². The fraction of sp³-hybridized carbons (Fsp3) is 0.500. The molecule has 1 aliphatic rings. The number of nitrogens with zero attached hydrogens (tertiary/aromatic N) is 2. The molecule has 1 aromatic rings. The highest BCUT2D eigenvalue weighted by atomic mass is 16.6. The van der Waals surface area contributed by atoms with Gasteiger partial charge in [-0.3, -0.25) is 14.9 Å². The van der Waals surface area contributed by atoms with Crippen LogP contribution >= 0.6 is 0 Å². The summed E-state index contributed by atoms with van der Waals surface area (Å²) >= 11 is 0. The van der Waals surface area contributed by atoms with Gasteiger partial charge < -0.3 is 15.5 Å². The van der Waals surface area contributed by atoms with E-state index in [0.29, 0.717) is 5.69 Å². The minimum absolute atomic E-state index is 0.0362. The first kappa shape index (κ1) is 15.2. The topological polar surface area (TPSA) is 87.5 Å². The van der Waals surface area contributed by atoms with Gasteiger partial charge >= 0.3 is 5.69 Å². The van der Waals surface area contributed by atoms with Crippen molar-refractivity contribution in [2.45, 2.75) is 18.9 Å². The van der Waals surface area contributed by atoms with Crippen LogP contribution in [0.3, 0.4) is 0 Å². The molecule has 1 amide bonds. The lowest BCUT2D eigenvalue weighted by Gasteiger charge is -2.30. The predicted molar refractivity (Wildman–Crippen MR) is 80.6 cm³/mol. The first-order valence-corrected chi connectivity index (χ1v) is 6.97. The van der Waals surface area contributed by atoms with Gasteiger partial charge in [-0.25, -0.2) is 0 Å². The Morgan fingerprint density at radius 3 is 2.86 bits per heavy atom. The lowest BCUT2D eigenvalue weighted by atomic mass is 10.0. The van der Waals surface area contributed by atoms with Gasteiger partial charge in [-0.05, 0) is 38.6 Å². The standard InChI is InChI=1S/C14H20N4O3/c1-15-12-7-3-6-11(13(12)18(20)21)14(19)16-10-5-4-8-17(2)9-10/h3,6-7,10,15H,4-5,8-9H2,1-2H3,(H,16,19). The number of nitrogens with one attached hydrogen (secondary N) is 2. The molecule has 114 valence electrons. The summed E-state index contributed by atoms with van der Waals surface area (Å²) in [5, 5.41) is 16.9. The van der Waals surface area contributed by atoms with Crippen molar-refractivity contribution in [1.29, 1.82) is 0 Å². The third-order valence-electron chi connectivity index (χ3n) is 3.69. The number of hydrogen-bond donors (Lipinski definition) is 2. The molecule has 0 aliphatic carbocycles. The molecule has 1 unspecified atom stereocenters. The number of likely N-dealkylation sites (N-methyl/N-ethyl adjacent to an activating group) is 1. The Kier molecular flexibility index (Phi) is 4.74. The van der Waals surface area contributed by atoms with Gasteiger partial charge in [0, 0.05) is 19.6 Å². The van der Waals surface area contributed by atoms with Crippen molar-refractivity contribution in [3.05, 3.63) is 33.9 Å². The minimum atomic E-state index is -0.520. The van der Waals surface area contributed by atoms with Crippen LogP contribution in [-0.2, 0) is 0 Å². The van der Waals surface area contributed by atoms with Crippen molar-refractivity contribution in [3.63, 3.8) is 0 Å². The Morgan fingerprint density at radius 1 is 1.48 bits per heavy atom. The summed E-state index contributed by atoms with van der Waals surface area (Å²) in [7, 11) is 3.60. The van der Waals surface area contributed by atoms with Crippen LogP contribution in [0.15, 0.2) is 18.2 Å². The van der Waals surface area contributed by atoms with Gasteiger partial charge in [0.25, 0.3) is 5.91 Å². The molecule has 1 fully saturated rings. The average molecular weight is 292 g/mol. The lowest BCUT2D eigenvalue weighted by Crippen LogP contribution is -2.46. The number of piperidine rings is 1. The number of para-hydroxylation sites is 1. The highest BCUT2D eigenvalue weighted by molar-refractivity contribution is 6.00. The highest BCUT2D eigenvalue weighted by Gasteiger charge is 2.26. The zero-order valence-electron chi connectivity index (χ0n) is 12.3. The van der Waals surface area contributed by atoms with Gasteiger partial charge in [0.2, 0.25) is 0 Å². The van der Waals surface area contributed by atoms with Crippen LogP contribution < -0.4 is 10.6 Å². The Labute approximate surface area is 123 Å². The van der Waals surface area contributed by atoms with Crippen molar-refractivity contribution >= 4 is 17.3 Å². The maximum Gasteiger partial charge on any atom is 0.305 e. The van der Waals surface area contributed by atoms with Gasteiger partial charge in [0.05, 0.1) is 4.92 Å². The molecule has 1 saturated heterocycles. The Balaban J connectivity index is 2.21. The fourth-order valence-electron chi connectivity index (χ4n) is 2.67. The number of hydrogen-bond acceptors (Lipinski definition) is 5. The number of likely N-dealkylation sites (tertiary alicyclic amines) is 1. The zero-order valence-corrected chi connectivity index (χ0v) is 12.3. The van der Waals surface area contributed by atoms with Crippen molar-refractivity contribution in [1.82, 2.24) is 10.2 Å². The van der Waals surface area contributed by atoms with E-state index in [1.54, 1.807) is 19.2 Å². The minimum Gasteiger partial charge on any atom is -0.383 e. The molecular formula is C14H20N4O3. The molecule has 1 aromatic carbocycles. The van der Waals surface area contributed by atoms with Gasteiger partial charge in [-0.2, -0.15) is 0 Å². The molecule has 0 radical (unpaired) electrons. The van der Waals surface area contributed by atoms with Crippen LogP contribution in [0.25, 0.3) is 0 Å². The molecule has 1 aliphatic heterocycles. The van der Waals surface area contributed by atoms with Gasteiger partial charge in [-0.15, -0.1) is 0 Å². The van der Waals surface area contributed by atoms with Crippen LogP contribution in [0.1, 0.15) is 23.2 Å². The maximum atomic E-state index is 12.4. The van der Waals surface area contributed by atoms with Crippen molar-refractivity contribution in [3.8, 4) is 0 Å². The molecule has 2 rings (SSSR count). The largest absolute Gasteiger partial charge is 0.383 e. The quantitative estimate of drug-likeness (QED) is 0.648. The van der Waals surface area contributed by atoms with E-state index in [1.807, 2.05) is 7.05 Å². The number of anilines is 1. The number of carbonyl (C=O) groups is 1. The van der Waals surface area contributed by atoms with Crippen LogP contribution in [0.4, 0.5) is 11.4 Å². The Morgan fingerprint density at radius 2 is 2.24 bits per heavy atom. The van der Waals surface area contributed by atoms with E-state index >= 15 is 0 Å². The second-order valence-electron chi connectivity index (χ2n) is 5.28. The van der Waals surface area contributed by atoms with Gasteiger partial charge in [0.15, 0.2) is 0 Å². The highest BCUT2D eigenvalue weighted by Crippen LogP contribution is 2.28. The third kappa shape index (κ3) is 3.49. The summed E-state index contributed by atoms with van der Waals surface area (Å²) in [6.45, 7) is 1.78.